The summed E-state index contributed by atoms with van der Waals surface area (Å²) in [5, 5.41) is 3.83. The number of amides is 1. The molecule has 0 spiro atoms. The van der Waals surface area contributed by atoms with Crippen molar-refractivity contribution in [3.63, 3.8) is 0 Å². The highest BCUT2D eigenvalue weighted by molar-refractivity contribution is 5.80. The Hall–Kier alpha value is -1.26. The molecule has 108 valence electrons. The molecule has 19 heavy (non-hydrogen) atoms. The van der Waals surface area contributed by atoms with Crippen LogP contribution in [0, 0.1) is 5.92 Å². The zero-order chi connectivity index (χ0) is 13.5. The Morgan fingerprint density at radius 2 is 1.79 bits per heavy atom. The second-order valence-corrected chi connectivity index (χ2v) is 5.65. The van der Waals surface area contributed by atoms with Crippen molar-refractivity contribution in [3.05, 3.63) is 0 Å². The quantitative estimate of drug-likeness (QED) is 0.470. The highest BCUT2D eigenvalue weighted by Crippen LogP contribution is 2.32. The lowest BCUT2D eigenvalue weighted by Crippen LogP contribution is -2.36. The van der Waals surface area contributed by atoms with Crippen molar-refractivity contribution in [1.82, 2.24) is 4.90 Å². The first-order valence-corrected chi connectivity index (χ1v) is 7.48. The molecule has 0 aromatic carbocycles. The van der Waals surface area contributed by atoms with E-state index in [1.54, 1.807) is 0 Å². The standard InChI is InChI=1S/C14H25N3O2/c15-13(10-12-6-7-12)16-19-11-14(18)17-8-4-2-1-3-5-9-17/h12H,1-11H2,(H2,15,16). The number of nitrogens with two attached hydrogens (primary N) is 1. The average Bonchev–Trinajstić information content (AvgIpc) is 3.12. The van der Waals surface area contributed by atoms with Crippen LogP contribution in [-0.4, -0.2) is 36.3 Å². The highest BCUT2D eigenvalue weighted by Gasteiger charge is 2.22. The Kier molecular flexibility index (Phi) is 5.48. The maximum atomic E-state index is 12.0. The number of rotatable bonds is 5. The van der Waals surface area contributed by atoms with Crippen molar-refractivity contribution in [3.8, 4) is 0 Å². The van der Waals surface area contributed by atoms with E-state index in [-0.39, 0.29) is 12.5 Å². The van der Waals surface area contributed by atoms with Crippen LogP contribution in [0.3, 0.4) is 0 Å². The zero-order valence-corrected chi connectivity index (χ0v) is 11.6. The van der Waals surface area contributed by atoms with Gasteiger partial charge in [-0.3, -0.25) is 4.79 Å². The molecule has 1 aliphatic carbocycles. The fourth-order valence-corrected chi connectivity index (χ4v) is 2.41. The zero-order valence-electron chi connectivity index (χ0n) is 11.6. The summed E-state index contributed by atoms with van der Waals surface area (Å²) in [6.07, 6.45) is 9.20. The van der Waals surface area contributed by atoms with Crippen LogP contribution in [0.2, 0.25) is 0 Å². The van der Waals surface area contributed by atoms with E-state index in [2.05, 4.69) is 5.16 Å². The first kappa shape index (κ1) is 14.2. The number of hydrogen-bond acceptors (Lipinski definition) is 3. The van der Waals surface area contributed by atoms with Crippen molar-refractivity contribution >= 4 is 11.7 Å². The van der Waals surface area contributed by atoms with Crippen molar-refractivity contribution in [1.29, 1.82) is 0 Å². The Balaban J connectivity index is 1.66. The van der Waals surface area contributed by atoms with E-state index < -0.39 is 0 Å². The van der Waals surface area contributed by atoms with E-state index in [1.165, 1.54) is 32.1 Å². The van der Waals surface area contributed by atoms with E-state index in [0.29, 0.717) is 11.8 Å². The predicted molar refractivity (Wildman–Crippen MR) is 74.6 cm³/mol. The summed E-state index contributed by atoms with van der Waals surface area (Å²) in [6, 6.07) is 0. The number of nitrogens with zero attached hydrogens (tertiary/aromatic N) is 2. The van der Waals surface area contributed by atoms with Gasteiger partial charge in [-0.1, -0.05) is 24.4 Å². The summed E-state index contributed by atoms with van der Waals surface area (Å²) in [5.41, 5.74) is 5.73. The topological polar surface area (TPSA) is 67.9 Å². The average molecular weight is 267 g/mol. The molecule has 5 heteroatoms. The van der Waals surface area contributed by atoms with Crippen LogP contribution in [0.25, 0.3) is 0 Å². The lowest BCUT2D eigenvalue weighted by atomic mass is 10.1. The molecule has 1 aliphatic heterocycles. The van der Waals surface area contributed by atoms with Crippen LogP contribution >= 0.6 is 0 Å². The van der Waals surface area contributed by atoms with Crippen LogP contribution < -0.4 is 5.73 Å². The van der Waals surface area contributed by atoms with Crippen LogP contribution in [0.1, 0.15) is 51.4 Å². The number of hydrogen-bond donors (Lipinski definition) is 1. The van der Waals surface area contributed by atoms with Crippen molar-refractivity contribution < 1.29 is 9.63 Å². The van der Waals surface area contributed by atoms with Gasteiger partial charge < -0.3 is 15.5 Å². The third kappa shape index (κ3) is 5.49. The Morgan fingerprint density at radius 1 is 1.16 bits per heavy atom. The van der Waals surface area contributed by atoms with Gasteiger partial charge in [0, 0.05) is 19.5 Å². The van der Waals surface area contributed by atoms with Gasteiger partial charge in [0.05, 0.1) is 0 Å². The van der Waals surface area contributed by atoms with Crippen molar-refractivity contribution in [2.75, 3.05) is 19.7 Å². The third-order valence-corrected chi connectivity index (χ3v) is 3.77. The van der Waals surface area contributed by atoms with Gasteiger partial charge in [0.25, 0.3) is 5.91 Å². The minimum atomic E-state index is 0.0192. The van der Waals surface area contributed by atoms with Gasteiger partial charge in [-0.25, -0.2) is 0 Å². The summed E-state index contributed by atoms with van der Waals surface area (Å²) in [6.45, 7) is 1.72. The molecule has 0 unspecified atom stereocenters. The molecule has 0 radical (unpaired) electrons. The number of oxime groups is 1. The summed E-state index contributed by atoms with van der Waals surface area (Å²) in [4.78, 5) is 18.9. The molecule has 5 nitrogen and oxygen atoms in total. The van der Waals surface area contributed by atoms with Gasteiger partial charge in [-0.2, -0.15) is 0 Å². The smallest absolute Gasteiger partial charge is 0.263 e. The molecule has 0 aromatic heterocycles. The van der Waals surface area contributed by atoms with Gasteiger partial charge in [0.2, 0.25) is 0 Å². The first-order chi connectivity index (χ1) is 9.25. The third-order valence-electron chi connectivity index (χ3n) is 3.77. The molecular weight excluding hydrogens is 242 g/mol. The first-order valence-electron chi connectivity index (χ1n) is 7.48. The van der Waals surface area contributed by atoms with Gasteiger partial charge in [0.1, 0.15) is 5.84 Å². The SMILES string of the molecule is N/C(CC1CC1)=N/OCC(=O)N1CCCCCCC1. The summed E-state index contributed by atoms with van der Waals surface area (Å²) >= 11 is 0. The molecule has 1 heterocycles. The molecule has 2 aliphatic rings. The molecule has 0 atom stereocenters. The predicted octanol–water partition coefficient (Wildman–Crippen LogP) is 1.87. The Morgan fingerprint density at radius 3 is 2.42 bits per heavy atom. The maximum Gasteiger partial charge on any atom is 0.263 e. The largest absolute Gasteiger partial charge is 0.384 e. The summed E-state index contributed by atoms with van der Waals surface area (Å²) < 4.78 is 0. The summed E-state index contributed by atoms with van der Waals surface area (Å²) in [7, 11) is 0. The lowest BCUT2D eigenvalue weighted by molar-refractivity contribution is -0.136. The van der Waals surface area contributed by atoms with Crippen molar-refractivity contribution in [2.24, 2.45) is 16.8 Å². The number of carbonyl (C=O) groups excluding carboxylic acids is 1. The normalized spacial score (nSPS) is 21.7. The molecule has 2 fully saturated rings. The van der Waals surface area contributed by atoms with Crippen LogP contribution in [0.5, 0.6) is 0 Å². The number of amidine groups is 1. The van der Waals surface area contributed by atoms with Gasteiger partial charge in [0.15, 0.2) is 6.61 Å². The molecule has 2 N–H and O–H groups in total. The van der Waals surface area contributed by atoms with E-state index in [4.69, 9.17) is 10.6 Å². The van der Waals surface area contributed by atoms with Crippen LogP contribution in [-0.2, 0) is 9.63 Å². The molecule has 1 amide bonds. The second-order valence-electron chi connectivity index (χ2n) is 5.65. The number of likely N-dealkylation sites (tertiary alicyclic amines) is 1. The monoisotopic (exact) mass is 267 g/mol. The molecule has 2 rings (SSSR count). The molecule has 0 aromatic rings. The molecule has 1 saturated carbocycles. The van der Waals surface area contributed by atoms with E-state index in [0.717, 1.165) is 32.4 Å². The lowest BCUT2D eigenvalue weighted by Gasteiger charge is -2.24. The van der Waals surface area contributed by atoms with E-state index in [9.17, 15) is 4.79 Å². The molecule has 0 bridgehead atoms. The second kappa shape index (κ2) is 7.36. The maximum absolute atomic E-state index is 12.0. The van der Waals surface area contributed by atoms with Crippen molar-refractivity contribution in [2.45, 2.75) is 51.4 Å². The minimum absolute atomic E-state index is 0.0192. The number of carbonyl (C=O) groups is 1. The molecule has 1 saturated heterocycles. The fourth-order valence-electron chi connectivity index (χ4n) is 2.41. The van der Waals surface area contributed by atoms with E-state index in [1.807, 2.05) is 4.90 Å². The summed E-state index contributed by atoms with van der Waals surface area (Å²) in [5.74, 6) is 1.24. The Labute approximate surface area is 115 Å². The van der Waals surface area contributed by atoms with Gasteiger partial charge in [-0.05, 0) is 31.6 Å². The molecular formula is C14H25N3O2. The highest BCUT2D eigenvalue weighted by atomic mass is 16.6. The van der Waals surface area contributed by atoms with Gasteiger partial charge >= 0.3 is 0 Å². The van der Waals surface area contributed by atoms with E-state index >= 15 is 0 Å². The van der Waals surface area contributed by atoms with Gasteiger partial charge in [-0.15, -0.1) is 0 Å². The van der Waals surface area contributed by atoms with Crippen LogP contribution in [0.15, 0.2) is 5.16 Å². The minimum Gasteiger partial charge on any atom is -0.384 e. The fraction of sp³-hybridized carbons (Fsp3) is 0.857. The Bertz CT molecular complexity index is 319. The van der Waals surface area contributed by atoms with Crippen LogP contribution in [0.4, 0.5) is 0 Å².